The lowest BCUT2D eigenvalue weighted by Crippen LogP contribution is -2.39. The zero-order chi connectivity index (χ0) is 40.2. The molecule has 0 spiro atoms. The van der Waals surface area contributed by atoms with E-state index in [-0.39, 0.29) is 48.6 Å². The topological polar surface area (TPSA) is 178 Å². The molecule has 294 valence electrons. The van der Waals surface area contributed by atoms with Gasteiger partial charge in [-0.05, 0) is 64.7 Å². The van der Waals surface area contributed by atoms with E-state index in [1.807, 2.05) is 0 Å². The fourth-order valence-electron chi connectivity index (χ4n) is 5.91. The Morgan fingerprint density at radius 2 is 1.22 bits per heavy atom. The summed E-state index contributed by atoms with van der Waals surface area (Å²) in [5.41, 5.74) is 2.28. The van der Waals surface area contributed by atoms with Gasteiger partial charge in [0, 0.05) is 40.5 Å². The Labute approximate surface area is 318 Å². The highest BCUT2D eigenvalue weighted by Crippen LogP contribution is 2.51. The van der Waals surface area contributed by atoms with Crippen molar-refractivity contribution >= 4 is 35.9 Å². The van der Waals surface area contributed by atoms with Crippen LogP contribution in [0.3, 0.4) is 0 Å². The van der Waals surface area contributed by atoms with Gasteiger partial charge in [-0.25, -0.2) is 0 Å². The smallest absolute Gasteiger partial charge is 0.308 e. The predicted molar refractivity (Wildman–Crippen MR) is 194 cm³/mol. The zero-order valence-corrected chi connectivity index (χ0v) is 31.8. The van der Waals surface area contributed by atoms with Crippen molar-refractivity contribution in [1.29, 1.82) is 0 Å². The molecule has 4 unspecified atom stereocenters. The molecule has 4 rings (SSSR count). The largest absolute Gasteiger partial charge is 0.493 e. The van der Waals surface area contributed by atoms with Gasteiger partial charge in [-0.1, -0.05) is 18.2 Å². The van der Waals surface area contributed by atoms with Gasteiger partial charge in [-0.15, -0.1) is 0 Å². The van der Waals surface area contributed by atoms with E-state index < -0.39 is 54.1 Å². The van der Waals surface area contributed by atoms with E-state index in [0.717, 1.165) is 0 Å². The lowest BCUT2D eigenvalue weighted by molar-refractivity contribution is -0.153. The molecular formula is C40H44O15. The molecule has 0 amide bonds. The van der Waals surface area contributed by atoms with Crippen LogP contribution in [0.1, 0.15) is 75.0 Å². The summed E-state index contributed by atoms with van der Waals surface area (Å²) in [6, 6.07) is 13.2. The normalized spacial score (nSPS) is 16.5. The van der Waals surface area contributed by atoms with E-state index in [1.165, 1.54) is 55.9 Å². The monoisotopic (exact) mass is 764 g/mol. The number of methoxy groups -OCH3 is 3. The number of rotatable bonds is 16. The molecule has 0 radical (unpaired) electrons. The number of fused-ring (bicyclic) bond motifs is 1. The van der Waals surface area contributed by atoms with Gasteiger partial charge in [0.25, 0.3) is 0 Å². The number of carbonyl (C=O) groups is 5. The number of esters is 5. The van der Waals surface area contributed by atoms with Crippen molar-refractivity contribution < 1.29 is 71.3 Å². The van der Waals surface area contributed by atoms with Gasteiger partial charge >= 0.3 is 29.8 Å². The first-order valence-electron chi connectivity index (χ1n) is 17.1. The summed E-state index contributed by atoms with van der Waals surface area (Å²) in [6.45, 7) is 5.98. The maximum Gasteiger partial charge on any atom is 0.308 e. The van der Waals surface area contributed by atoms with E-state index >= 15 is 0 Å². The van der Waals surface area contributed by atoms with E-state index in [0.29, 0.717) is 28.0 Å². The van der Waals surface area contributed by atoms with Crippen molar-refractivity contribution in [2.24, 2.45) is 0 Å². The van der Waals surface area contributed by atoms with Crippen molar-refractivity contribution in [3.8, 4) is 34.5 Å². The molecule has 15 nitrogen and oxygen atoms in total. The van der Waals surface area contributed by atoms with Crippen molar-refractivity contribution in [3.63, 3.8) is 0 Å². The summed E-state index contributed by atoms with van der Waals surface area (Å²) in [7, 11) is 4.29. The summed E-state index contributed by atoms with van der Waals surface area (Å²) >= 11 is 0. The second kappa shape index (κ2) is 19.3. The molecule has 3 aromatic rings. The Hall–Kier alpha value is -6.09. The third-order valence-corrected chi connectivity index (χ3v) is 8.17. The van der Waals surface area contributed by atoms with Crippen molar-refractivity contribution in [2.75, 3.05) is 41.2 Å². The second-order valence-corrected chi connectivity index (χ2v) is 12.2. The average Bonchev–Trinajstić information content (AvgIpc) is 3.13. The summed E-state index contributed by atoms with van der Waals surface area (Å²) in [5, 5.41) is 0. The number of hydrogen-bond acceptors (Lipinski definition) is 15. The van der Waals surface area contributed by atoms with Crippen LogP contribution in [0.5, 0.6) is 34.5 Å². The lowest BCUT2D eigenvalue weighted by Gasteiger charge is -2.41. The fraction of sp³-hybridized carbons (Fsp3) is 0.375. The highest BCUT2D eigenvalue weighted by atomic mass is 16.6. The minimum absolute atomic E-state index is 0.0770. The molecule has 0 saturated carbocycles. The lowest BCUT2D eigenvalue weighted by atomic mass is 9.81. The maximum absolute atomic E-state index is 12.2. The van der Waals surface area contributed by atoms with Gasteiger partial charge in [-0.2, -0.15) is 0 Å². The van der Waals surface area contributed by atoms with E-state index in [4.69, 9.17) is 47.4 Å². The van der Waals surface area contributed by atoms with Crippen LogP contribution < -0.4 is 28.4 Å². The molecule has 55 heavy (non-hydrogen) atoms. The minimum atomic E-state index is -1.07. The van der Waals surface area contributed by atoms with Crippen LogP contribution in [0.15, 0.2) is 54.6 Å². The zero-order valence-electron chi connectivity index (χ0n) is 31.8. The van der Waals surface area contributed by atoms with Gasteiger partial charge in [0.1, 0.15) is 25.9 Å². The van der Waals surface area contributed by atoms with Gasteiger partial charge in [0.2, 0.25) is 0 Å². The summed E-state index contributed by atoms with van der Waals surface area (Å²) in [6.07, 6.45) is 0.393. The number of ether oxygens (including phenoxy) is 10. The van der Waals surface area contributed by atoms with Crippen molar-refractivity contribution in [2.45, 2.75) is 58.8 Å². The fourth-order valence-corrected chi connectivity index (χ4v) is 5.91. The summed E-state index contributed by atoms with van der Waals surface area (Å²) in [5.74, 6) is -2.12. The molecule has 1 aliphatic rings. The van der Waals surface area contributed by atoms with Crippen LogP contribution in [-0.2, 0) is 42.9 Å². The highest BCUT2D eigenvalue weighted by Gasteiger charge is 2.43. The van der Waals surface area contributed by atoms with Crippen LogP contribution in [0.4, 0.5) is 0 Å². The quantitative estimate of drug-likeness (QED) is 0.0998. The predicted octanol–water partition coefficient (Wildman–Crippen LogP) is 5.61. The summed E-state index contributed by atoms with van der Waals surface area (Å²) in [4.78, 5) is 59.6. The van der Waals surface area contributed by atoms with Gasteiger partial charge in [-0.3, -0.25) is 24.0 Å². The Kier molecular flexibility index (Phi) is 14.6. The first kappa shape index (κ1) is 41.7. The highest BCUT2D eigenvalue weighted by molar-refractivity contribution is 5.72. The number of carbonyl (C=O) groups excluding carboxylic acids is 5. The molecule has 0 fully saturated rings. The molecule has 1 heterocycles. The molecule has 0 bridgehead atoms. The minimum Gasteiger partial charge on any atom is -0.493 e. The molecule has 3 aromatic carbocycles. The molecule has 0 aliphatic carbocycles. The van der Waals surface area contributed by atoms with Crippen LogP contribution in [0.2, 0.25) is 0 Å². The Bertz CT molecular complexity index is 1920. The Morgan fingerprint density at radius 1 is 0.636 bits per heavy atom. The van der Waals surface area contributed by atoms with Crippen LogP contribution in [0.25, 0.3) is 6.08 Å². The molecular weight excluding hydrogens is 720 g/mol. The van der Waals surface area contributed by atoms with E-state index in [9.17, 15) is 24.0 Å². The third kappa shape index (κ3) is 11.2. The van der Waals surface area contributed by atoms with Gasteiger partial charge in [0.15, 0.2) is 40.6 Å². The average molecular weight is 765 g/mol. The molecule has 15 heteroatoms. The third-order valence-electron chi connectivity index (χ3n) is 8.17. The SMILES string of the molecule is COc1cc(C2OC(C(COC(C)=O)Oc3ccc(/C=C/COC(C)=O)cc3OC)c3cc(OC(C)=O)c(OC)cc3C2COC(C)=O)ccc1OC(C)=O. The van der Waals surface area contributed by atoms with Crippen LogP contribution in [0, 0.1) is 0 Å². The Morgan fingerprint density at radius 3 is 1.84 bits per heavy atom. The first-order valence-corrected chi connectivity index (χ1v) is 17.1. The second-order valence-electron chi connectivity index (χ2n) is 12.2. The number of benzene rings is 3. The van der Waals surface area contributed by atoms with Gasteiger partial charge < -0.3 is 47.4 Å². The molecule has 4 atom stereocenters. The standard InChI is InChI=1S/C40H44O15/c1-22(41)49-15-9-10-27-11-13-33(34(16-27)46-6)54-38(21-51-24(3)43)40-30-19-37(53-26(5)45)36(48-8)18-29(30)31(20-50-23(2)42)39(55-40)28-12-14-32(52-25(4)44)35(17-28)47-7/h9-14,16-19,31,38-40H,15,20-21H2,1-8H3/b10-9+. The van der Waals surface area contributed by atoms with Crippen LogP contribution >= 0.6 is 0 Å². The number of hydrogen-bond donors (Lipinski definition) is 0. The van der Waals surface area contributed by atoms with Crippen molar-refractivity contribution in [1.82, 2.24) is 0 Å². The first-order chi connectivity index (χ1) is 26.2. The van der Waals surface area contributed by atoms with Crippen molar-refractivity contribution in [3.05, 3.63) is 76.9 Å². The van der Waals surface area contributed by atoms with E-state index in [2.05, 4.69) is 0 Å². The van der Waals surface area contributed by atoms with Gasteiger partial charge in [0.05, 0.1) is 27.4 Å². The molecule has 0 saturated heterocycles. The molecule has 0 N–H and O–H groups in total. The molecule has 0 aromatic heterocycles. The van der Waals surface area contributed by atoms with Crippen LogP contribution in [-0.4, -0.2) is 77.1 Å². The summed E-state index contributed by atoms with van der Waals surface area (Å²) < 4.78 is 57.2. The maximum atomic E-state index is 12.2. The molecule has 1 aliphatic heterocycles. The van der Waals surface area contributed by atoms with E-state index in [1.54, 1.807) is 60.7 Å². The Balaban J connectivity index is 1.91.